The van der Waals surface area contributed by atoms with Crippen molar-refractivity contribution in [3.8, 4) is 5.69 Å². The summed E-state index contributed by atoms with van der Waals surface area (Å²) >= 11 is 0. The second kappa shape index (κ2) is 7.61. The normalized spacial score (nSPS) is 11.7. The predicted octanol–water partition coefficient (Wildman–Crippen LogP) is 2.67. The molecule has 0 bridgehead atoms. The summed E-state index contributed by atoms with van der Waals surface area (Å²) in [7, 11) is 0. The van der Waals surface area contributed by atoms with Gasteiger partial charge in [0.2, 0.25) is 5.91 Å². The van der Waals surface area contributed by atoms with Gasteiger partial charge in [-0.3, -0.25) is 9.36 Å². The zero-order valence-electron chi connectivity index (χ0n) is 14.2. The largest absolute Gasteiger partial charge is 0.350 e. The molecule has 3 aromatic rings. The second-order valence-corrected chi connectivity index (χ2v) is 6.02. The fourth-order valence-electron chi connectivity index (χ4n) is 2.72. The predicted molar refractivity (Wildman–Crippen MR) is 96.4 cm³/mol. The topological polar surface area (TPSA) is 72.9 Å². The van der Waals surface area contributed by atoms with Crippen LogP contribution in [0.15, 0.2) is 54.6 Å². The Morgan fingerprint density at radius 3 is 2.54 bits per heavy atom. The molecule has 136 valence electrons. The van der Waals surface area contributed by atoms with E-state index in [-0.39, 0.29) is 6.42 Å². The van der Waals surface area contributed by atoms with E-state index in [1.165, 1.54) is 0 Å². The van der Waals surface area contributed by atoms with Crippen LogP contribution in [0.5, 0.6) is 0 Å². The summed E-state index contributed by atoms with van der Waals surface area (Å²) < 4.78 is 28.3. The maximum atomic E-state index is 13.1. The van der Waals surface area contributed by atoms with Gasteiger partial charge in [-0.15, -0.1) is 0 Å². The molecule has 0 spiro atoms. The van der Waals surface area contributed by atoms with Crippen LogP contribution in [0.4, 0.5) is 8.78 Å². The van der Waals surface area contributed by atoms with Crippen LogP contribution in [0.3, 0.4) is 0 Å². The standard InChI is InChI=1S/C19H20F2N4O/c20-19(21,12-22)13-23-18(26)11-10-17-24-15-8-4-5-9-16(15)25(17)14-6-2-1-3-7-14/h1-9H,10-13,22H2,(H,23,26). The minimum atomic E-state index is -3.09. The van der Waals surface area contributed by atoms with Gasteiger partial charge in [0.25, 0.3) is 5.92 Å². The fourth-order valence-corrected chi connectivity index (χ4v) is 2.72. The fraction of sp³-hybridized carbons (Fsp3) is 0.263. The molecule has 26 heavy (non-hydrogen) atoms. The van der Waals surface area contributed by atoms with Gasteiger partial charge in [-0.05, 0) is 24.3 Å². The molecular formula is C19H20F2N4O. The van der Waals surface area contributed by atoms with Crippen molar-refractivity contribution in [3.63, 3.8) is 0 Å². The van der Waals surface area contributed by atoms with Crippen LogP contribution in [0.1, 0.15) is 12.2 Å². The summed E-state index contributed by atoms with van der Waals surface area (Å²) in [5, 5.41) is 2.23. The minimum absolute atomic E-state index is 0.0663. The molecule has 7 heteroatoms. The number of hydrogen-bond acceptors (Lipinski definition) is 3. The highest BCUT2D eigenvalue weighted by molar-refractivity contribution is 5.79. The Morgan fingerprint density at radius 2 is 1.81 bits per heavy atom. The first-order chi connectivity index (χ1) is 12.5. The van der Waals surface area contributed by atoms with E-state index in [4.69, 9.17) is 5.73 Å². The van der Waals surface area contributed by atoms with E-state index in [0.29, 0.717) is 12.2 Å². The lowest BCUT2D eigenvalue weighted by molar-refractivity contribution is -0.122. The Bertz CT molecular complexity index is 893. The number of aryl methyl sites for hydroxylation is 1. The molecule has 3 rings (SSSR count). The van der Waals surface area contributed by atoms with Crippen molar-refractivity contribution in [2.24, 2.45) is 5.73 Å². The van der Waals surface area contributed by atoms with Gasteiger partial charge >= 0.3 is 0 Å². The summed E-state index contributed by atoms with van der Waals surface area (Å²) in [5.74, 6) is -2.84. The van der Waals surface area contributed by atoms with Crippen molar-refractivity contribution in [1.82, 2.24) is 14.9 Å². The van der Waals surface area contributed by atoms with Crippen LogP contribution in [-0.2, 0) is 11.2 Å². The number of halogens is 2. The zero-order valence-corrected chi connectivity index (χ0v) is 14.2. The molecule has 0 saturated carbocycles. The summed E-state index contributed by atoms with van der Waals surface area (Å²) in [5.41, 5.74) is 7.66. The summed E-state index contributed by atoms with van der Waals surface area (Å²) in [6, 6.07) is 17.4. The highest BCUT2D eigenvalue weighted by Crippen LogP contribution is 2.22. The van der Waals surface area contributed by atoms with Crippen LogP contribution < -0.4 is 11.1 Å². The van der Waals surface area contributed by atoms with Crippen molar-refractivity contribution >= 4 is 16.9 Å². The molecular weight excluding hydrogens is 338 g/mol. The van der Waals surface area contributed by atoms with E-state index >= 15 is 0 Å². The number of nitrogens with one attached hydrogen (secondary N) is 1. The van der Waals surface area contributed by atoms with Crippen LogP contribution in [0, 0.1) is 0 Å². The number of aromatic nitrogens is 2. The van der Waals surface area contributed by atoms with Crippen molar-refractivity contribution in [2.75, 3.05) is 13.1 Å². The van der Waals surface area contributed by atoms with E-state index in [9.17, 15) is 13.6 Å². The second-order valence-electron chi connectivity index (χ2n) is 6.02. The molecule has 3 N–H and O–H groups in total. The molecule has 0 atom stereocenters. The molecule has 1 amide bonds. The molecule has 2 aromatic carbocycles. The van der Waals surface area contributed by atoms with Crippen LogP contribution in [0.2, 0.25) is 0 Å². The minimum Gasteiger partial charge on any atom is -0.350 e. The molecule has 0 aliphatic rings. The third-order valence-electron chi connectivity index (χ3n) is 4.06. The van der Waals surface area contributed by atoms with E-state index < -0.39 is 24.9 Å². The van der Waals surface area contributed by atoms with Gasteiger partial charge in [0.1, 0.15) is 5.82 Å². The number of alkyl halides is 2. The number of nitrogens with zero attached hydrogens (tertiary/aromatic N) is 2. The molecule has 1 aromatic heterocycles. The lowest BCUT2D eigenvalue weighted by Gasteiger charge is -2.14. The van der Waals surface area contributed by atoms with Crippen molar-refractivity contribution < 1.29 is 13.6 Å². The number of fused-ring (bicyclic) bond motifs is 1. The first kappa shape index (κ1) is 18.0. The molecule has 0 saturated heterocycles. The zero-order chi connectivity index (χ0) is 18.6. The summed E-state index contributed by atoms with van der Waals surface area (Å²) in [4.78, 5) is 16.5. The summed E-state index contributed by atoms with van der Waals surface area (Å²) in [6.45, 7) is -1.55. The molecule has 0 radical (unpaired) electrons. The number of nitrogens with two attached hydrogens (primary N) is 1. The third kappa shape index (κ3) is 4.05. The number of imidazole rings is 1. The van der Waals surface area contributed by atoms with Crippen molar-refractivity contribution in [3.05, 3.63) is 60.4 Å². The van der Waals surface area contributed by atoms with Crippen molar-refractivity contribution in [1.29, 1.82) is 0 Å². The Labute approximate surface area is 149 Å². The van der Waals surface area contributed by atoms with Crippen LogP contribution in [0.25, 0.3) is 16.7 Å². The average Bonchev–Trinajstić information content (AvgIpc) is 3.04. The SMILES string of the molecule is NCC(F)(F)CNC(=O)CCc1nc2ccccc2n1-c1ccccc1. The van der Waals surface area contributed by atoms with E-state index in [1.807, 2.05) is 59.2 Å². The summed E-state index contributed by atoms with van der Waals surface area (Å²) in [6.07, 6.45) is 0.403. The maximum Gasteiger partial charge on any atom is 0.277 e. The van der Waals surface area contributed by atoms with E-state index in [1.54, 1.807) is 0 Å². The Hall–Kier alpha value is -2.80. The number of hydrogen-bond donors (Lipinski definition) is 2. The molecule has 5 nitrogen and oxygen atoms in total. The smallest absolute Gasteiger partial charge is 0.277 e. The first-order valence-electron chi connectivity index (χ1n) is 8.36. The highest BCUT2D eigenvalue weighted by Gasteiger charge is 2.27. The lowest BCUT2D eigenvalue weighted by atomic mass is 10.2. The Balaban J connectivity index is 1.79. The molecule has 0 unspecified atom stereocenters. The van der Waals surface area contributed by atoms with Gasteiger partial charge < -0.3 is 11.1 Å². The van der Waals surface area contributed by atoms with Gasteiger partial charge in [0.05, 0.1) is 24.1 Å². The maximum absolute atomic E-state index is 13.1. The van der Waals surface area contributed by atoms with Gasteiger partial charge in [0, 0.05) is 18.5 Å². The Kier molecular flexibility index (Phi) is 5.27. The monoisotopic (exact) mass is 358 g/mol. The van der Waals surface area contributed by atoms with E-state index in [2.05, 4.69) is 10.3 Å². The molecule has 1 heterocycles. The van der Waals surface area contributed by atoms with Gasteiger partial charge in [-0.2, -0.15) is 0 Å². The van der Waals surface area contributed by atoms with Gasteiger partial charge in [-0.1, -0.05) is 30.3 Å². The number of carbonyl (C=O) groups excluding carboxylic acids is 1. The molecule has 0 aliphatic heterocycles. The lowest BCUT2D eigenvalue weighted by Crippen LogP contribution is -2.41. The highest BCUT2D eigenvalue weighted by atomic mass is 19.3. The average molecular weight is 358 g/mol. The molecule has 0 fully saturated rings. The quantitative estimate of drug-likeness (QED) is 0.682. The van der Waals surface area contributed by atoms with Crippen molar-refractivity contribution in [2.45, 2.75) is 18.8 Å². The van der Waals surface area contributed by atoms with Gasteiger partial charge in [0.15, 0.2) is 0 Å². The van der Waals surface area contributed by atoms with Crippen LogP contribution in [-0.4, -0.2) is 34.5 Å². The first-order valence-corrected chi connectivity index (χ1v) is 8.36. The Morgan fingerprint density at radius 1 is 1.12 bits per heavy atom. The molecule has 0 aliphatic carbocycles. The third-order valence-corrected chi connectivity index (χ3v) is 4.06. The van der Waals surface area contributed by atoms with E-state index in [0.717, 1.165) is 16.7 Å². The number of rotatable bonds is 7. The van der Waals surface area contributed by atoms with Gasteiger partial charge in [-0.25, -0.2) is 13.8 Å². The number of para-hydroxylation sites is 3. The number of carbonyl (C=O) groups is 1. The number of benzene rings is 2. The number of amides is 1. The van der Waals surface area contributed by atoms with Crippen LogP contribution >= 0.6 is 0 Å².